The van der Waals surface area contributed by atoms with Crippen molar-refractivity contribution < 1.29 is 14.6 Å². The molecule has 0 saturated heterocycles. The van der Waals surface area contributed by atoms with Gasteiger partial charge in [0.15, 0.2) is 5.84 Å². The lowest BCUT2D eigenvalue weighted by Crippen LogP contribution is -2.32. The SMILES string of the molecule is COc1ccccc1C1=N/C(=C/c2ccc(C)cc2)C(=O)N1c1ccc(O)cc1. The molecule has 3 aromatic carbocycles. The van der Waals surface area contributed by atoms with Gasteiger partial charge in [0.05, 0.1) is 18.4 Å². The zero-order valence-electron chi connectivity index (χ0n) is 16.2. The second-order valence-corrected chi connectivity index (χ2v) is 6.73. The molecule has 1 aliphatic rings. The van der Waals surface area contributed by atoms with Crippen LogP contribution >= 0.6 is 0 Å². The van der Waals surface area contributed by atoms with Crippen molar-refractivity contribution in [1.82, 2.24) is 0 Å². The molecule has 29 heavy (non-hydrogen) atoms. The van der Waals surface area contributed by atoms with Crippen molar-refractivity contribution in [2.75, 3.05) is 12.0 Å². The van der Waals surface area contributed by atoms with Crippen LogP contribution in [0.4, 0.5) is 5.69 Å². The smallest absolute Gasteiger partial charge is 0.282 e. The molecule has 0 aliphatic carbocycles. The zero-order valence-corrected chi connectivity index (χ0v) is 16.2. The van der Waals surface area contributed by atoms with Crippen molar-refractivity contribution in [1.29, 1.82) is 0 Å². The summed E-state index contributed by atoms with van der Waals surface area (Å²) in [4.78, 5) is 19.5. The molecule has 0 saturated carbocycles. The summed E-state index contributed by atoms with van der Waals surface area (Å²) in [6.07, 6.45) is 1.78. The highest BCUT2D eigenvalue weighted by Gasteiger charge is 2.33. The Hall–Kier alpha value is -3.86. The van der Waals surface area contributed by atoms with Crippen LogP contribution in [0.2, 0.25) is 0 Å². The van der Waals surface area contributed by atoms with Gasteiger partial charge in [0.2, 0.25) is 0 Å². The fourth-order valence-corrected chi connectivity index (χ4v) is 3.19. The molecule has 4 rings (SSSR count). The van der Waals surface area contributed by atoms with Crippen LogP contribution in [0.25, 0.3) is 6.08 Å². The highest BCUT2D eigenvalue weighted by molar-refractivity contribution is 6.33. The zero-order chi connectivity index (χ0) is 20.4. The summed E-state index contributed by atoms with van der Waals surface area (Å²) < 4.78 is 5.48. The third-order valence-corrected chi connectivity index (χ3v) is 4.70. The molecular formula is C24H20N2O3. The summed E-state index contributed by atoms with van der Waals surface area (Å²) in [5, 5.41) is 9.63. The minimum atomic E-state index is -0.239. The van der Waals surface area contributed by atoms with Crippen LogP contribution < -0.4 is 9.64 Å². The maximum Gasteiger partial charge on any atom is 0.282 e. The first-order valence-corrected chi connectivity index (χ1v) is 9.21. The summed E-state index contributed by atoms with van der Waals surface area (Å²) in [6.45, 7) is 2.02. The summed E-state index contributed by atoms with van der Waals surface area (Å²) >= 11 is 0. The van der Waals surface area contributed by atoms with Crippen LogP contribution in [0.5, 0.6) is 11.5 Å². The van der Waals surface area contributed by atoms with Gasteiger partial charge in [-0.1, -0.05) is 42.0 Å². The highest BCUT2D eigenvalue weighted by Crippen LogP contribution is 2.31. The molecule has 5 heteroatoms. The van der Waals surface area contributed by atoms with Crippen LogP contribution in [-0.4, -0.2) is 24.0 Å². The Bertz CT molecular complexity index is 1110. The Morgan fingerprint density at radius 1 is 0.966 bits per heavy atom. The Balaban J connectivity index is 1.85. The normalized spacial score (nSPS) is 15.0. The van der Waals surface area contributed by atoms with Crippen molar-refractivity contribution in [3.63, 3.8) is 0 Å². The van der Waals surface area contributed by atoms with E-state index < -0.39 is 0 Å². The van der Waals surface area contributed by atoms with Crippen LogP contribution in [0.3, 0.4) is 0 Å². The van der Waals surface area contributed by atoms with E-state index in [1.807, 2.05) is 55.5 Å². The topological polar surface area (TPSA) is 62.1 Å². The summed E-state index contributed by atoms with van der Waals surface area (Å²) in [5.74, 6) is 1.000. The predicted molar refractivity (Wildman–Crippen MR) is 114 cm³/mol. The maximum atomic E-state index is 13.3. The number of nitrogens with zero attached hydrogens (tertiary/aromatic N) is 2. The number of amidine groups is 1. The molecule has 0 bridgehead atoms. The number of para-hydroxylation sites is 1. The number of methoxy groups -OCH3 is 1. The third-order valence-electron chi connectivity index (χ3n) is 4.70. The van der Waals surface area contributed by atoms with Crippen LogP contribution in [0, 0.1) is 6.92 Å². The Labute approximate surface area is 169 Å². The minimum absolute atomic E-state index is 0.131. The van der Waals surface area contributed by atoms with Gasteiger partial charge in [-0.25, -0.2) is 4.99 Å². The quantitative estimate of drug-likeness (QED) is 0.672. The molecule has 3 aromatic rings. The van der Waals surface area contributed by atoms with E-state index in [1.54, 1.807) is 37.5 Å². The van der Waals surface area contributed by atoms with Crippen molar-refractivity contribution in [2.24, 2.45) is 4.99 Å². The van der Waals surface area contributed by atoms with Crippen molar-refractivity contribution >= 4 is 23.5 Å². The van der Waals surface area contributed by atoms with E-state index in [1.165, 1.54) is 4.90 Å². The number of hydrogen-bond donors (Lipinski definition) is 1. The van der Waals surface area contributed by atoms with Gasteiger partial charge in [-0.2, -0.15) is 0 Å². The van der Waals surface area contributed by atoms with Gasteiger partial charge in [-0.3, -0.25) is 9.69 Å². The average molecular weight is 384 g/mol. The number of rotatable bonds is 4. The van der Waals surface area contributed by atoms with E-state index in [-0.39, 0.29) is 11.7 Å². The van der Waals surface area contributed by atoms with Crippen molar-refractivity contribution in [2.45, 2.75) is 6.92 Å². The number of amides is 1. The molecule has 144 valence electrons. The minimum Gasteiger partial charge on any atom is -0.508 e. The number of phenolic OH excluding ortho intramolecular Hbond substituents is 1. The highest BCUT2D eigenvalue weighted by atomic mass is 16.5. The molecule has 5 nitrogen and oxygen atoms in total. The van der Waals surface area contributed by atoms with E-state index >= 15 is 0 Å². The fraction of sp³-hybridized carbons (Fsp3) is 0.0833. The molecule has 0 unspecified atom stereocenters. The number of aliphatic imine (C=N–C) groups is 1. The second kappa shape index (κ2) is 7.64. The van der Waals surface area contributed by atoms with E-state index in [9.17, 15) is 9.90 Å². The van der Waals surface area contributed by atoms with E-state index in [0.29, 0.717) is 28.5 Å². The number of ether oxygens (including phenoxy) is 1. The van der Waals surface area contributed by atoms with Crippen LogP contribution in [0.1, 0.15) is 16.7 Å². The lowest BCUT2D eigenvalue weighted by molar-refractivity contribution is -0.113. The van der Waals surface area contributed by atoms with Gasteiger partial charge < -0.3 is 9.84 Å². The standard InChI is InChI=1S/C24H20N2O3/c1-16-7-9-17(10-8-16)15-21-24(28)26(18-11-13-19(27)14-12-18)23(25-21)20-5-3-4-6-22(20)29-2/h3-15,27H,1-2H3/b21-15+. The van der Waals surface area contributed by atoms with Crippen molar-refractivity contribution in [3.8, 4) is 11.5 Å². The molecule has 1 N–H and O–H groups in total. The molecule has 1 heterocycles. The van der Waals surface area contributed by atoms with Crippen LogP contribution in [-0.2, 0) is 4.79 Å². The molecule has 1 aliphatic heterocycles. The fourth-order valence-electron chi connectivity index (χ4n) is 3.19. The predicted octanol–water partition coefficient (Wildman–Crippen LogP) is 4.54. The first kappa shape index (κ1) is 18.5. The molecule has 0 aromatic heterocycles. The molecule has 0 atom stereocenters. The number of phenols is 1. The molecule has 1 amide bonds. The van der Waals surface area contributed by atoms with Gasteiger partial charge in [-0.05, 0) is 55.0 Å². The summed E-state index contributed by atoms with van der Waals surface area (Å²) in [7, 11) is 1.59. The van der Waals surface area contributed by atoms with E-state index in [4.69, 9.17) is 4.74 Å². The van der Waals surface area contributed by atoms with Crippen molar-refractivity contribution in [3.05, 3.63) is 95.2 Å². The molecule has 0 fully saturated rings. The Morgan fingerprint density at radius 3 is 2.34 bits per heavy atom. The van der Waals surface area contributed by atoms with E-state index in [0.717, 1.165) is 11.1 Å². The van der Waals surface area contributed by atoms with E-state index in [2.05, 4.69) is 4.99 Å². The molecule has 0 radical (unpaired) electrons. The van der Waals surface area contributed by atoms with Gasteiger partial charge >= 0.3 is 0 Å². The summed E-state index contributed by atoms with van der Waals surface area (Å²) in [5.41, 5.74) is 3.71. The maximum absolute atomic E-state index is 13.3. The number of aromatic hydroxyl groups is 1. The monoisotopic (exact) mass is 384 g/mol. The summed E-state index contributed by atoms with van der Waals surface area (Å²) in [6, 6.07) is 21.8. The first-order valence-electron chi connectivity index (χ1n) is 9.21. The average Bonchev–Trinajstić information content (AvgIpc) is 3.06. The number of aryl methyl sites for hydroxylation is 1. The lowest BCUT2D eigenvalue weighted by atomic mass is 10.1. The van der Waals surface area contributed by atoms with Gasteiger partial charge in [0.1, 0.15) is 17.2 Å². The van der Waals surface area contributed by atoms with Gasteiger partial charge in [0, 0.05) is 0 Å². The third kappa shape index (κ3) is 3.62. The van der Waals surface area contributed by atoms with Gasteiger partial charge in [-0.15, -0.1) is 0 Å². The van der Waals surface area contributed by atoms with Gasteiger partial charge in [0.25, 0.3) is 5.91 Å². The Kier molecular flexibility index (Phi) is 4.87. The number of anilines is 1. The molecule has 0 spiro atoms. The molecular weight excluding hydrogens is 364 g/mol. The first-order chi connectivity index (χ1) is 14.1. The number of hydrogen-bond acceptors (Lipinski definition) is 4. The number of carbonyl (C=O) groups excluding carboxylic acids is 1. The largest absolute Gasteiger partial charge is 0.508 e. The number of benzene rings is 3. The Morgan fingerprint density at radius 2 is 1.66 bits per heavy atom. The lowest BCUT2D eigenvalue weighted by Gasteiger charge is -2.19. The number of carbonyl (C=O) groups is 1. The van der Waals surface area contributed by atoms with Crippen LogP contribution in [0.15, 0.2) is 83.5 Å². The second-order valence-electron chi connectivity index (χ2n) is 6.73.